The van der Waals surface area contributed by atoms with Gasteiger partial charge in [0.15, 0.2) is 0 Å². The fourth-order valence-electron chi connectivity index (χ4n) is 4.13. The maximum atomic E-state index is 10.2. The summed E-state index contributed by atoms with van der Waals surface area (Å²) in [6.07, 6.45) is 2.10. The van der Waals surface area contributed by atoms with E-state index in [1.54, 1.807) is 0 Å². The van der Waals surface area contributed by atoms with E-state index in [9.17, 15) is 5.11 Å². The average molecular weight is 269 g/mol. The average Bonchev–Trinajstić information content (AvgIpc) is 2.55. The van der Waals surface area contributed by atoms with Gasteiger partial charge in [-0.1, -0.05) is 0 Å². The Balaban J connectivity index is 2.06. The lowest BCUT2D eigenvalue weighted by Crippen LogP contribution is -2.62. The van der Waals surface area contributed by atoms with Crippen molar-refractivity contribution in [3.05, 3.63) is 0 Å². The molecule has 112 valence electrons. The van der Waals surface area contributed by atoms with Gasteiger partial charge in [-0.2, -0.15) is 0 Å². The molecular formula is C15H31N3O. The van der Waals surface area contributed by atoms with Crippen molar-refractivity contribution in [3.63, 3.8) is 0 Å². The van der Waals surface area contributed by atoms with Crippen LogP contribution >= 0.6 is 0 Å². The van der Waals surface area contributed by atoms with Crippen molar-refractivity contribution in [2.24, 2.45) is 0 Å². The largest absolute Gasteiger partial charge is 0.390 e. The van der Waals surface area contributed by atoms with Gasteiger partial charge in [-0.3, -0.25) is 4.90 Å². The van der Waals surface area contributed by atoms with Crippen molar-refractivity contribution in [2.45, 2.75) is 69.8 Å². The van der Waals surface area contributed by atoms with E-state index < -0.39 is 0 Å². The van der Waals surface area contributed by atoms with Crippen LogP contribution in [0.2, 0.25) is 0 Å². The highest BCUT2D eigenvalue weighted by Crippen LogP contribution is 2.33. The zero-order valence-corrected chi connectivity index (χ0v) is 13.4. The number of aliphatic hydroxyl groups is 1. The number of hydrogen-bond donors (Lipinski definition) is 2. The van der Waals surface area contributed by atoms with Crippen LogP contribution in [-0.2, 0) is 0 Å². The van der Waals surface area contributed by atoms with Gasteiger partial charge in [0, 0.05) is 36.3 Å². The normalized spacial score (nSPS) is 36.0. The van der Waals surface area contributed by atoms with E-state index in [4.69, 9.17) is 0 Å². The number of hydrogen-bond acceptors (Lipinski definition) is 4. The van der Waals surface area contributed by atoms with Crippen LogP contribution < -0.4 is 5.32 Å². The number of nitrogens with one attached hydrogen (secondary N) is 1. The van der Waals surface area contributed by atoms with Crippen LogP contribution in [0.4, 0.5) is 0 Å². The zero-order valence-electron chi connectivity index (χ0n) is 13.4. The molecule has 0 aromatic heterocycles. The fraction of sp³-hybridized carbons (Fsp3) is 1.00. The van der Waals surface area contributed by atoms with Gasteiger partial charge in [-0.05, 0) is 54.6 Å². The number of β-amino-alcohol motifs (C(OH)–C–C–N with tert-alkyl or cyclic N) is 1. The Hall–Kier alpha value is -0.160. The van der Waals surface area contributed by atoms with Gasteiger partial charge in [-0.15, -0.1) is 0 Å². The van der Waals surface area contributed by atoms with Crippen LogP contribution in [0.15, 0.2) is 0 Å². The number of nitrogens with zero attached hydrogens (tertiary/aromatic N) is 2. The van der Waals surface area contributed by atoms with Gasteiger partial charge in [0.25, 0.3) is 0 Å². The molecular weight excluding hydrogens is 238 g/mol. The minimum absolute atomic E-state index is 0.174. The molecule has 0 aliphatic carbocycles. The number of rotatable bonds is 2. The standard InChI is InChI=1S/C15H31N3O/c1-14(2)7-11(8-15(3,4)16-14)18-9-12(17(5)6)13(19)10-18/h11-13,16,19H,7-10H2,1-6H3/t12-,13-/m0/s1. The first-order valence-electron chi connectivity index (χ1n) is 7.47. The second kappa shape index (κ2) is 4.99. The lowest BCUT2D eigenvalue weighted by Gasteiger charge is -2.49. The molecule has 0 amide bonds. The Bertz CT molecular complexity index is 311. The third-order valence-electron chi connectivity index (χ3n) is 4.64. The van der Waals surface area contributed by atoms with Gasteiger partial charge >= 0.3 is 0 Å². The van der Waals surface area contributed by atoms with E-state index in [2.05, 4.69) is 56.9 Å². The summed E-state index contributed by atoms with van der Waals surface area (Å²) >= 11 is 0. The molecule has 2 fully saturated rings. The predicted molar refractivity (Wildman–Crippen MR) is 79.4 cm³/mol. The summed E-state index contributed by atoms with van der Waals surface area (Å²) in [5, 5.41) is 14.0. The molecule has 19 heavy (non-hydrogen) atoms. The number of piperidine rings is 1. The maximum Gasteiger partial charge on any atom is 0.0834 e. The Morgan fingerprint density at radius 1 is 1.05 bits per heavy atom. The van der Waals surface area contributed by atoms with Gasteiger partial charge in [0.2, 0.25) is 0 Å². The van der Waals surface area contributed by atoms with Crippen molar-refractivity contribution in [3.8, 4) is 0 Å². The lowest BCUT2D eigenvalue weighted by atomic mass is 9.79. The van der Waals surface area contributed by atoms with Crippen molar-refractivity contribution in [1.29, 1.82) is 0 Å². The first-order chi connectivity index (χ1) is 8.60. The van der Waals surface area contributed by atoms with E-state index >= 15 is 0 Å². The molecule has 2 aliphatic rings. The van der Waals surface area contributed by atoms with Crippen LogP contribution in [0.5, 0.6) is 0 Å². The Labute approximate surface area is 118 Å². The van der Waals surface area contributed by atoms with E-state index in [-0.39, 0.29) is 23.2 Å². The molecule has 0 bridgehead atoms. The van der Waals surface area contributed by atoms with E-state index in [0.29, 0.717) is 6.04 Å². The molecule has 0 spiro atoms. The van der Waals surface area contributed by atoms with Gasteiger partial charge in [-0.25, -0.2) is 0 Å². The Morgan fingerprint density at radius 3 is 2.00 bits per heavy atom. The Kier molecular flexibility index (Phi) is 4.00. The number of aliphatic hydroxyl groups excluding tert-OH is 1. The molecule has 0 saturated carbocycles. The first kappa shape index (κ1) is 15.2. The summed E-state index contributed by atoms with van der Waals surface area (Å²) < 4.78 is 0. The van der Waals surface area contributed by atoms with E-state index in [0.717, 1.165) is 25.9 Å². The summed E-state index contributed by atoms with van der Waals surface area (Å²) in [7, 11) is 4.13. The first-order valence-corrected chi connectivity index (χ1v) is 7.47. The molecule has 2 N–H and O–H groups in total. The van der Waals surface area contributed by atoms with Crippen molar-refractivity contribution < 1.29 is 5.11 Å². The molecule has 0 aromatic carbocycles. The zero-order chi connectivity index (χ0) is 14.4. The monoisotopic (exact) mass is 269 g/mol. The quantitative estimate of drug-likeness (QED) is 0.781. The minimum atomic E-state index is -0.212. The van der Waals surface area contributed by atoms with Gasteiger partial charge in [0.05, 0.1) is 6.10 Å². The third-order valence-corrected chi connectivity index (χ3v) is 4.64. The molecule has 2 heterocycles. The molecule has 0 unspecified atom stereocenters. The SMILES string of the molecule is CN(C)[C@H]1CN(C2CC(C)(C)NC(C)(C)C2)C[C@@H]1O. The smallest absolute Gasteiger partial charge is 0.0834 e. The molecule has 2 aliphatic heterocycles. The van der Waals surface area contributed by atoms with Crippen LogP contribution in [0.25, 0.3) is 0 Å². The highest BCUT2D eigenvalue weighted by molar-refractivity contribution is 5.03. The molecule has 4 nitrogen and oxygen atoms in total. The second-order valence-corrected chi connectivity index (χ2v) is 8.01. The summed E-state index contributed by atoms with van der Waals surface area (Å²) in [5.41, 5.74) is 0.348. The van der Waals surface area contributed by atoms with Gasteiger partial charge in [0.1, 0.15) is 0 Å². The van der Waals surface area contributed by atoms with Crippen molar-refractivity contribution >= 4 is 0 Å². The van der Waals surface area contributed by atoms with E-state index in [1.165, 1.54) is 0 Å². The molecule has 0 radical (unpaired) electrons. The third kappa shape index (κ3) is 3.48. The molecule has 2 atom stereocenters. The topological polar surface area (TPSA) is 38.7 Å². The van der Waals surface area contributed by atoms with Crippen LogP contribution in [0, 0.1) is 0 Å². The van der Waals surface area contributed by atoms with Crippen LogP contribution in [-0.4, -0.2) is 71.4 Å². The second-order valence-electron chi connectivity index (χ2n) is 8.01. The molecule has 2 rings (SSSR count). The summed E-state index contributed by atoms with van der Waals surface area (Å²) in [4.78, 5) is 4.65. The fourth-order valence-corrected chi connectivity index (χ4v) is 4.13. The highest BCUT2D eigenvalue weighted by atomic mass is 16.3. The van der Waals surface area contributed by atoms with Crippen LogP contribution in [0.1, 0.15) is 40.5 Å². The summed E-state index contributed by atoms with van der Waals surface area (Å²) in [5.74, 6) is 0. The van der Waals surface area contributed by atoms with Crippen molar-refractivity contribution in [2.75, 3.05) is 27.2 Å². The van der Waals surface area contributed by atoms with Crippen molar-refractivity contribution in [1.82, 2.24) is 15.1 Å². The summed E-state index contributed by atoms with van der Waals surface area (Å²) in [6, 6.07) is 0.854. The molecule has 0 aromatic rings. The maximum absolute atomic E-state index is 10.2. The van der Waals surface area contributed by atoms with E-state index in [1.807, 2.05) is 0 Å². The number of likely N-dealkylation sites (N-methyl/N-ethyl adjacent to an activating group) is 1. The van der Waals surface area contributed by atoms with Gasteiger partial charge < -0.3 is 15.3 Å². The lowest BCUT2D eigenvalue weighted by molar-refractivity contribution is 0.0703. The predicted octanol–water partition coefficient (Wildman–Crippen LogP) is 0.902. The number of likely N-dealkylation sites (tertiary alicyclic amines) is 1. The molecule has 4 heteroatoms. The van der Waals surface area contributed by atoms with Crippen LogP contribution in [0.3, 0.4) is 0 Å². The Morgan fingerprint density at radius 2 is 1.58 bits per heavy atom. The minimum Gasteiger partial charge on any atom is -0.390 e. The summed E-state index contributed by atoms with van der Waals surface area (Å²) in [6.45, 7) is 11.0. The highest BCUT2D eigenvalue weighted by Gasteiger charge is 2.43. The molecule has 2 saturated heterocycles.